The molecule has 0 saturated carbocycles. The molecule has 92 valence electrons. The van der Waals surface area contributed by atoms with Crippen LogP contribution in [0.4, 0.5) is 0 Å². The van der Waals surface area contributed by atoms with Gasteiger partial charge in [0, 0.05) is 31.1 Å². The molecule has 0 aliphatic rings. The maximum Gasteiger partial charge on any atom is 0.384 e. The largest absolute Gasteiger partial charge is 0.461 e. The van der Waals surface area contributed by atoms with E-state index in [-0.39, 0.29) is 25.2 Å². The lowest BCUT2D eigenvalue weighted by Crippen LogP contribution is -2.45. The van der Waals surface area contributed by atoms with Crippen molar-refractivity contribution in [2.45, 2.75) is 45.6 Å². The summed E-state index contributed by atoms with van der Waals surface area (Å²) in [5.41, 5.74) is -1.82. The van der Waals surface area contributed by atoms with Crippen LogP contribution in [0.2, 0.25) is 0 Å². The molecule has 16 heavy (non-hydrogen) atoms. The summed E-state index contributed by atoms with van der Waals surface area (Å²) in [7, 11) is 0. The minimum absolute atomic E-state index is 0.0206. The smallest absolute Gasteiger partial charge is 0.384 e. The molecule has 0 amide bonds. The molecule has 1 atom stereocenters. The molecule has 0 aromatic rings. The van der Waals surface area contributed by atoms with Crippen LogP contribution in [0.5, 0.6) is 0 Å². The Morgan fingerprint density at radius 2 is 1.94 bits per heavy atom. The van der Waals surface area contributed by atoms with Gasteiger partial charge in [0.1, 0.15) is 5.78 Å². The number of nitrogens with zero attached hydrogens (tertiary/aromatic N) is 1. The molecule has 0 aliphatic heterocycles. The summed E-state index contributed by atoms with van der Waals surface area (Å²) in [5, 5.41) is 10.8. The van der Waals surface area contributed by atoms with E-state index in [0.717, 1.165) is 0 Å². The second-order valence-electron chi connectivity index (χ2n) is 3.64. The predicted octanol–water partition coefficient (Wildman–Crippen LogP) is 1.34. The van der Waals surface area contributed by atoms with Crippen molar-refractivity contribution < 1.29 is 19.2 Å². The summed E-state index contributed by atoms with van der Waals surface area (Å²) in [6, 6.07) is 0. The first-order chi connectivity index (χ1) is 7.38. The third kappa shape index (κ3) is 3.60. The minimum Gasteiger partial charge on any atom is -0.461 e. The molecule has 0 rings (SSSR count). The minimum atomic E-state index is -1.82. The number of hydrogen-bond donors (Lipinski definition) is 0. The molecule has 0 radical (unpaired) electrons. The van der Waals surface area contributed by atoms with E-state index in [4.69, 9.17) is 0 Å². The molecule has 1 unspecified atom stereocenters. The molecule has 0 fully saturated rings. The number of nitro groups is 1. The summed E-state index contributed by atoms with van der Waals surface area (Å²) < 4.78 is 4.64. The molecule has 0 aromatic carbocycles. The molecule has 6 heteroatoms. The number of Topliss-reactive ketones (excluding diaryl/α,β-unsaturated/α-hetero) is 1. The van der Waals surface area contributed by atoms with Gasteiger partial charge in [0.05, 0.1) is 6.61 Å². The first-order valence-electron chi connectivity index (χ1n) is 5.21. The SMILES string of the molecule is CCOC(=O)C(C)(CCC(=O)CC)[N+](=O)[O-]. The fraction of sp³-hybridized carbons (Fsp3) is 0.800. The lowest BCUT2D eigenvalue weighted by Gasteiger charge is -2.18. The second kappa shape index (κ2) is 6.19. The van der Waals surface area contributed by atoms with Gasteiger partial charge in [-0.1, -0.05) is 6.92 Å². The Hall–Kier alpha value is -1.46. The van der Waals surface area contributed by atoms with Crippen LogP contribution < -0.4 is 0 Å². The molecule has 0 saturated heterocycles. The monoisotopic (exact) mass is 231 g/mol. The first kappa shape index (κ1) is 14.5. The van der Waals surface area contributed by atoms with Crippen molar-refractivity contribution in [2.75, 3.05) is 6.61 Å². The van der Waals surface area contributed by atoms with E-state index in [2.05, 4.69) is 4.74 Å². The zero-order valence-corrected chi connectivity index (χ0v) is 9.82. The van der Waals surface area contributed by atoms with E-state index in [1.807, 2.05) is 0 Å². The number of esters is 1. The highest BCUT2D eigenvalue weighted by atomic mass is 16.6. The highest BCUT2D eigenvalue weighted by Crippen LogP contribution is 2.19. The fourth-order valence-electron chi connectivity index (χ4n) is 1.11. The molecule has 0 spiro atoms. The summed E-state index contributed by atoms with van der Waals surface area (Å²) in [6.07, 6.45) is 0.217. The van der Waals surface area contributed by atoms with Crippen molar-refractivity contribution >= 4 is 11.8 Å². The highest BCUT2D eigenvalue weighted by molar-refractivity contribution is 5.82. The van der Waals surface area contributed by atoms with E-state index in [9.17, 15) is 19.7 Å². The Labute approximate surface area is 94.1 Å². The topological polar surface area (TPSA) is 86.5 Å². The van der Waals surface area contributed by atoms with Crippen LogP contribution in [0.25, 0.3) is 0 Å². The van der Waals surface area contributed by atoms with Gasteiger partial charge in [-0.05, 0) is 6.92 Å². The number of carbonyl (C=O) groups excluding carboxylic acids is 2. The lowest BCUT2D eigenvalue weighted by atomic mass is 9.95. The number of carbonyl (C=O) groups is 2. The Morgan fingerprint density at radius 3 is 2.31 bits per heavy atom. The van der Waals surface area contributed by atoms with Crippen molar-refractivity contribution in [1.29, 1.82) is 0 Å². The fourth-order valence-corrected chi connectivity index (χ4v) is 1.11. The van der Waals surface area contributed by atoms with Gasteiger partial charge in [-0.15, -0.1) is 0 Å². The number of ether oxygens (including phenoxy) is 1. The average molecular weight is 231 g/mol. The number of rotatable bonds is 7. The average Bonchev–Trinajstić information content (AvgIpc) is 2.25. The van der Waals surface area contributed by atoms with Gasteiger partial charge in [0.15, 0.2) is 0 Å². The van der Waals surface area contributed by atoms with Gasteiger partial charge in [0.25, 0.3) is 0 Å². The van der Waals surface area contributed by atoms with Crippen LogP contribution in [0.15, 0.2) is 0 Å². The Morgan fingerprint density at radius 1 is 1.38 bits per heavy atom. The van der Waals surface area contributed by atoms with Crippen LogP contribution in [0.3, 0.4) is 0 Å². The van der Waals surface area contributed by atoms with Crippen LogP contribution >= 0.6 is 0 Å². The predicted molar refractivity (Wildman–Crippen MR) is 56.6 cm³/mol. The molecule has 0 heterocycles. The summed E-state index contributed by atoms with van der Waals surface area (Å²) in [4.78, 5) is 32.7. The Kier molecular flexibility index (Phi) is 5.63. The molecule has 0 aliphatic carbocycles. The van der Waals surface area contributed by atoms with Crippen molar-refractivity contribution in [2.24, 2.45) is 0 Å². The van der Waals surface area contributed by atoms with Gasteiger partial charge in [-0.3, -0.25) is 14.9 Å². The quantitative estimate of drug-likeness (QED) is 0.375. The van der Waals surface area contributed by atoms with Gasteiger partial charge in [-0.25, -0.2) is 4.79 Å². The standard InChI is InChI=1S/C10H17NO5/c1-4-8(12)6-7-10(3,11(14)15)9(13)16-5-2/h4-7H2,1-3H3. The normalized spacial score (nSPS) is 13.9. The maximum atomic E-state index is 11.4. The number of hydrogen-bond acceptors (Lipinski definition) is 5. The van der Waals surface area contributed by atoms with Crippen molar-refractivity contribution in [1.82, 2.24) is 0 Å². The Balaban J connectivity index is 4.64. The van der Waals surface area contributed by atoms with Crippen molar-refractivity contribution in [3.63, 3.8) is 0 Å². The highest BCUT2D eigenvalue weighted by Gasteiger charge is 2.47. The lowest BCUT2D eigenvalue weighted by molar-refractivity contribution is -0.551. The Bertz CT molecular complexity index is 289. The van der Waals surface area contributed by atoms with Gasteiger partial charge in [-0.2, -0.15) is 0 Å². The maximum absolute atomic E-state index is 11.4. The van der Waals surface area contributed by atoms with E-state index >= 15 is 0 Å². The summed E-state index contributed by atoms with van der Waals surface area (Å²) in [5.74, 6) is -0.985. The first-order valence-corrected chi connectivity index (χ1v) is 5.21. The van der Waals surface area contributed by atoms with Crippen molar-refractivity contribution in [3.05, 3.63) is 10.1 Å². The van der Waals surface area contributed by atoms with Crippen LogP contribution in [-0.2, 0) is 14.3 Å². The molecule has 6 nitrogen and oxygen atoms in total. The molecule has 0 N–H and O–H groups in total. The third-order valence-corrected chi connectivity index (χ3v) is 2.40. The van der Waals surface area contributed by atoms with Crippen molar-refractivity contribution in [3.8, 4) is 0 Å². The van der Waals surface area contributed by atoms with E-state index in [0.29, 0.717) is 6.42 Å². The number of ketones is 1. The van der Waals surface area contributed by atoms with E-state index < -0.39 is 16.4 Å². The van der Waals surface area contributed by atoms with Crippen LogP contribution in [0.1, 0.15) is 40.0 Å². The van der Waals surface area contributed by atoms with Gasteiger partial charge < -0.3 is 4.74 Å². The molecule has 0 aromatic heterocycles. The molecule has 0 bridgehead atoms. The molecular weight excluding hydrogens is 214 g/mol. The second-order valence-corrected chi connectivity index (χ2v) is 3.64. The third-order valence-electron chi connectivity index (χ3n) is 2.40. The zero-order chi connectivity index (χ0) is 12.8. The zero-order valence-electron chi connectivity index (χ0n) is 9.82. The summed E-state index contributed by atoms with van der Waals surface area (Å²) in [6.45, 7) is 4.53. The van der Waals surface area contributed by atoms with Crippen LogP contribution in [0, 0.1) is 10.1 Å². The van der Waals surface area contributed by atoms with E-state index in [1.165, 1.54) is 6.92 Å². The van der Waals surface area contributed by atoms with Crippen LogP contribution in [-0.4, -0.2) is 28.8 Å². The van der Waals surface area contributed by atoms with Gasteiger partial charge >= 0.3 is 11.5 Å². The van der Waals surface area contributed by atoms with Gasteiger partial charge in [0.2, 0.25) is 0 Å². The van der Waals surface area contributed by atoms with E-state index in [1.54, 1.807) is 13.8 Å². The molecular formula is C10H17NO5. The summed E-state index contributed by atoms with van der Waals surface area (Å²) >= 11 is 0.